The van der Waals surface area contributed by atoms with E-state index in [9.17, 15) is 43.2 Å². The van der Waals surface area contributed by atoms with Gasteiger partial charge in [-0.25, -0.2) is 9.13 Å². The first-order valence-electron chi connectivity index (χ1n) is 37.0. The van der Waals surface area contributed by atoms with Crippen LogP contribution in [0.2, 0.25) is 0 Å². The molecular weight excluding hydrogens is 1190 g/mol. The molecule has 2 unspecified atom stereocenters. The summed E-state index contributed by atoms with van der Waals surface area (Å²) in [5.41, 5.74) is 0. The summed E-state index contributed by atoms with van der Waals surface area (Å²) in [4.78, 5) is 72.5. The van der Waals surface area contributed by atoms with Crippen molar-refractivity contribution in [1.29, 1.82) is 0 Å². The standard InChI is InChI=1S/C71H138O17P2/c1-7-9-11-13-15-17-19-21-22-23-24-25-26-28-30-36-43-49-55-70(75)87-66(59-81-68(73)53-47-41-35-29-27-20-18-16-14-12-10-8-2)61-85-89(77,78)83-57-65(72)58-84-90(79,80)86-62-67(88-71(76)56-50-44-38-32-34-40-46-52-64(5)6)60-82-69(74)54-48-42-37-31-33-39-45-51-63(3)4/h63-67,72H,7-62H2,1-6H3,(H,77,78)(H,79,80)/t65-,66-,67-/m1/s1. The van der Waals surface area contributed by atoms with Gasteiger partial charge in [0.25, 0.3) is 0 Å². The molecule has 0 heterocycles. The second-order valence-corrected chi connectivity index (χ2v) is 29.5. The maximum absolute atomic E-state index is 13.0. The Balaban J connectivity index is 5.21. The van der Waals surface area contributed by atoms with Gasteiger partial charge in [-0.3, -0.25) is 37.3 Å². The van der Waals surface area contributed by atoms with Crippen LogP contribution in [0.1, 0.15) is 363 Å². The molecule has 0 bridgehead atoms. The van der Waals surface area contributed by atoms with Crippen LogP contribution < -0.4 is 0 Å². The Morgan fingerprint density at radius 3 is 0.756 bits per heavy atom. The SMILES string of the molecule is CCCCCCCCCCCCCCCCCCCCC(=O)O[C@H](COC(=O)CCCCCCCCCCCCCC)COP(=O)(O)OC[C@@H](O)COP(=O)(O)OC[C@@H](COC(=O)CCCCCCCCCC(C)C)OC(=O)CCCCCCCCCC(C)C. The number of hydrogen-bond donors (Lipinski definition) is 3. The molecule has 19 heteroatoms. The van der Waals surface area contributed by atoms with E-state index in [1.54, 1.807) is 0 Å². The summed E-state index contributed by atoms with van der Waals surface area (Å²) >= 11 is 0. The molecule has 0 saturated heterocycles. The van der Waals surface area contributed by atoms with Crippen molar-refractivity contribution in [1.82, 2.24) is 0 Å². The molecule has 0 fully saturated rings. The topological polar surface area (TPSA) is 237 Å². The van der Waals surface area contributed by atoms with Crippen LogP contribution >= 0.6 is 15.6 Å². The average molecular weight is 1330 g/mol. The second-order valence-electron chi connectivity index (χ2n) is 26.6. The Bertz CT molecular complexity index is 1750. The molecule has 0 aliphatic rings. The van der Waals surface area contributed by atoms with E-state index in [1.807, 2.05) is 0 Å². The second kappa shape index (κ2) is 63.1. The van der Waals surface area contributed by atoms with Gasteiger partial charge in [0, 0.05) is 25.7 Å². The lowest BCUT2D eigenvalue weighted by atomic mass is 10.0. The Hall–Kier alpha value is -1.94. The summed E-state index contributed by atoms with van der Waals surface area (Å²) in [6.07, 6.45) is 48.8. The summed E-state index contributed by atoms with van der Waals surface area (Å²) in [6, 6.07) is 0. The lowest BCUT2D eigenvalue weighted by molar-refractivity contribution is -0.161. The molecule has 3 N–H and O–H groups in total. The van der Waals surface area contributed by atoms with Crippen molar-refractivity contribution in [2.24, 2.45) is 11.8 Å². The zero-order valence-electron chi connectivity index (χ0n) is 58.4. The van der Waals surface area contributed by atoms with E-state index in [-0.39, 0.29) is 25.7 Å². The van der Waals surface area contributed by atoms with E-state index in [0.717, 1.165) is 96.3 Å². The van der Waals surface area contributed by atoms with Crippen molar-refractivity contribution >= 4 is 39.5 Å². The minimum atomic E-state index is -4.95. The molecular formula is C71H138O17P2. The zero-order valence-corrected chi connectivity index (χ0v) is 60.2. The molecule has 17 nitrogen and oxygen atoms in total. The Labute approximate surface area is 549 Å². The summed E-state index contributed by atoms with van der Waals surface area (Å²) in [6.45, 7) is 9.43. The average Bonchev–Trinajstić information content (AvgIpc) is 3.63. The van der Waals surface area contributed by atoms with Crippen molar-refractivity contribution in [3.8, 4) is 0 Å². The van der Waals surface area contributed by atoms with Crippen LogP contribution in [0.3, 0.4) is 0 Å². The Morgan fingerprint density at radius 1 is 0.300 bits per heavy atom. The molecule has 0 aromatic heterocycles. The quantitative estimate of drug-likeness (QED) is 0.0222. The number of esters is 4. The molecule has 0 saturated carbocycles. The minimum absolute atomic E-state index is 0.103. The Morgan fingerprint density at radius 2 is 0.511 bits per heavy atom. The predicted octanol–water partition coefficient (Wildman–Crippen LogP) is 20.4. The first-order chi connectivity index (χ1) is 43.4. The monoisotopic (exact) mass is 1320 g/mol. The van der Waals surface area contributed by atoms with Crippen molar-refractivity contribution < 1.29 is 80.2 Å². The van der Waals surface area contributed by atoms with Crippen LogP contribution in [0.4, 0.5) is 0 Å². The maximum atomic E-state index is 13.0. The van der Waals surface area contributed by atoms with Crippen LogP contribution in [0.15, 0.2) is 0 Å². The fourth-order valence-electron chi connectivity index (χ4n) is 10.8. The number of carbonyl (C=O) groups excluding carboxylic acids is 4. The molecule has 0 rings (SSSR count). The highest BCUT2D eigenvalue weighted by atomic mass is 31.2. The molecule has 0 aromatic carbocycles. The Kier molecular flexibility index (Phi) is 61.8. The van der Waals surface area contributed by atoms with E-state index < -0.39 is 97.5 Å². The third-order valence-corrected chi connectivity index (χ3v) is 18.4. The van der Waals surface area contributed by atoms with E-state index in [0.29, 0.717) is 37.5 Å². The maximum Gasteiger partial charge on any atom is 0.472 e. The minimum Gasteiger partial charge on any atom is -0.462 e. The highest BCUT2D eigenvalue weighted by Crippen LogP contribution is 2.45. The molecule has 0 amide bonds. The van der Waals surface area contributed by atoms with Crippen LogP contribution in [0.5, 0.6) is 0 Å². The van der Waals surface area contributed by atoms with Crippen molar-refractivity contribution in [3.05, 3.63) is 0 Å². The highest BCUT2D eigenvalue weighted by molar-refractivity contribution is 7.47. The van der Waals surface area contributed by atoms with Gasteiger partial charge in [-0.15, -0.1) is 0 Å². The lowest BCUT2D eigenvalue weighted by Gasteiger charge is -2.21. The van der Waals surface area contributed by atoms with Gasteiger partial charge in [-0.1, -0.05) is 311 Å². The molecule has 0 radical (unpaired) electrons. The first-order valence-corrected chi connectivity index (χ1v) is 40.0. The van der Waals surface area contributed by atoms with Gasteiger partial charge in [0.2, 0.25) is 0 Å². The number of aliphatic hydroxyl groups is 1. The van der Waals surface area contributed by atoms with E-state index >= 15 is 0 Å². The number of phosphoric acid groups is 2. The molecule has 534 valence electrons. The molecule has 90 heavy (non-hydrogen) atoms. The molecule has 0 spiro atoms. The fraction of sp³-hybridized carbons (Fsp3) is 0.944. The summed E-state index contributed by atoms with van der Waals surface area (Å²) in [5, 5.41) is 10.6. The van der Waals surface area contributed by atoms with E-state index in [1.165, 1.54) is 173 Å². The number of rotatable bonds is 70. The number of aliphatic hydroxyl groups excluding tert-OH is 1. The molecule has 0 aromatic rings. The van der Waals surface area contributed by atoms with Gasteiger partial charge in [0.05, 0.1) is 26.4 Å². The van der Waals surface area contributed by atoms with Gasteiger partial charge in [-0.2, -0.15) is 0 Å². The van der Waals surface area contributed by atoms with Crippen molar-refractivity contribution in [2.75, 3.05) is 39.6 Å². The number of phosphoric ester groups is 2. The van der Waals surface area contributed by atoms with Crippen LogP contribution in [0, 0.1) is 11.8 Å². The zero-order chi connectivity index (χ0) is 66.5. The predicted molar refractivity (Wildman–Crippen MR) is 363 cm³/mol. The molecule has 0 aliphatic heterocycles. The van der Waals surface area contributed by atoms with E-state index in [4.69, 9.17) is 37.0 Å². The number of carbonyl (C=O) groups is 4. The first kappa shape index (κ1) is 88.1. The van der Waals surface area contributed by atoms with E-state index in [2.05, 4.69) is 41.5 Å². The fourth-order valence-corrected chi connectivity index (χ4v) is 12.3. The van der Waals surface area contributed by atoms with Gasteiger partial charge in [0.15, 0.2) is 12.2 Å². The largest absolute Gasteiger partial charge is 0.472 e. The number of ether oxygens (including phenoxy) is 4. The molecule has 0 aliphatic carbocycles. The van der Waals surface area contributed by atoms with Crippen LogP contribution in [-0.2, 0) is 65.4 Å². The summed E-state index contributed by atoms with van der Waals surface area (Å²) < 4.78 is 68.3. The highest BCUT2D eigenvalue weighted by Gasteiger charge is 2.30. The van der Waals surface area contributed by atoms with Crippen LogP contribution in [-0.4, -0.2) is 96.7 Å². The van der Waals surface area contributed by atoms with Gasteiger partial charge >= 0.3 is 39.5 Å². The summed E-state index contributed by atoms with van der Waals surface area (Å²) in [7, 11) is -9.90. The van der Waals surface area contributed by atoms with Crippen molar-refractivity contribution in [3.63, 3.8) is 0 Å². The number of unbranched alkanes of at least 4 members (excludes halogenated alkanes) is 40. The number of hydrogen-bond acceptors (Lipinski definition) is 15. The smallest absolute Gasteiger partial charge is 0.462 e. The van der Waals surface area contributed by atoms with Gasteiger partial charge < -0.3 is 33.8 Å². The third-order valence-electron chi connectivity index (χ3n) is 16.5. The normalized spacial score (nSPS) is 14.1. The van der Waals surface area contributed by atoms with Crippen molar-refractivity contribution in [2.45, 2.75) is 381 Å². The third kappa shape index (κ3) is 64.8. The van der Waals surface area contributed by atoms with Crippen LogP contribution in [0.25, 0.3) is 0 Å². The van der Waals surface area contributed by atoms with Gasteiger partial charge in [0.1, 0.15) is 19.3 Å². The summed E-state index contributed by atoms with van der Waals surface area (Å²) in [5.74, 6) is -0.725. The lowest BCUT2D eigenvalue weighted by Crippen LogP contribution is -2.30. The van der Waals surface area contributed by atoms with Gasteiger partial charge in [-0.05, 0) is 37.5 Å². The molecule has 5 atom stereocenters.